The number of carbonyl (C=O) groups is 1. The van der Waals surface area contributed by atoms with E-state index in [1.54, 1.807) is 36.4 Å². The van der Waals surface area contributed by atoms with Gasteiger partial charge in [0.05, 0.1) is 19.9 Å². The maximum atomic E-state index is 12.6. The Bertz CT molecular complexity index is 1040. The van der Waals surface area contributed by atoms with Crippen molar-refractivity contribution in [3.8, 4) is 11.5 Å². The maximum Gasteiger partial charge on any atom is 0.323 e. The fraction of sp³-hybridized carbons (Fsp3) is 0.174. The lowest BCUT2D eigenvalue weighted by Crippen LogP contribution is -2.21. The summed E-state index contributed by atoms with van der Waals surface area (Å²) in [5, 5.41) is 17.0. The van der Waals surface area contributed by atoms with Gasteiger partial charge in [-0.2, -0.15) is 0 Å². The number of benzene rings is 3. The number of methoxy groups -OCH3 is 2. The lowest BCUT2D eigenvalue weighted by molar-refractivity contribution is 0.220. The molecule has 0 aliphatic rings. The minimum absolute atomic E-state index is 0.365. The van der Waals surface area contributed by atoms with Crippen LogP contribution in [0.5, 0.6) is 11.5 Å². The number of ether oxygens (including phenoxy) is 2. The third-order valence-corrected chi connectivity index (χ3v) is 4.95. The lowest BCUT2D eigenvalue weighted by atomic mass is 9.99. The number of anilines is 2. The number of halogens is 1. The highest BCUT2D eigenvalue weighted by molar-refractivity contribution is 6.31. The normalized spacial score (nSPS) is 11.5. The van der Waals surface area contributed by atoms with E-state index in [9.17, 15) is 9.90 Å². The molecule has 2 amide bonds. The van der Waals surface area contributed by atoms with E-state index in [1.165, 1.54) is 14.2 Å². The van der Waals surface area contributed by atoms with E-state index in [1.807, 2.05) is 31.2 Å². The molecule has 6 nitrogen and oxygen atoms in total. The van der Waals surface area contributed by atoms with Gasteiger partial charge >= 0.3 is 6.03 Å². The molecule has 7 heteroatoms. The van der Waals surface area contributed by atoms with Gasteiger partial charge in [-0.15, -0.1) is 0 Å². The molecule has 0 spiro atoms. The van der Waals surface area contributed by atoms with E-state index >= 15 is 0 Å². The molecular weight excluding hydrogens is 404 g/mol. The standard InChI is InChI=1S/C23H23ClN2O4/c1-14-8-10-15(11-9-14)25-23(28)26-19-13-21(30-3)20(29-2)12-17(19)22(27)16-6-4-5-7-18(16)24/h4-13,22,27H,1-3H3,(H2,25,26,28). The maximum absolute atomic E-state index is 12.6. The van der Waals surface area contributed by atoms with Gasteiger partial charge < -0.3 is 25.2 Å². The van der Waals surface area contributed by atoms with Gasteiger partial charge in [-0.3, -0.25) is 0 Å². The lowest BCUT2D eigenvalue weighted by Gasteiger charge is -2.20. The van der Waals surface area contributed by atoms with Crippen LogP contribution in [0.3, 0.4) is 0 Å². The summed E-state index contributed by atoms with van der Waals surface area (Å²) >= 11 is 6.26. The first-order valence-electron chi connectivity index (χ1n) is 9.26. The zero-order valence-corrected chi connectivity index (χ0v) is 17.7. The van der Waals surface area contributed by atoms with Gasteiger partial charge in [0.1, 0.15) is 6.10 Å². The summed E-state index contributed by atoms with van der Waals surface area (Å²) in [7, 11) is 3.00. The number of carbonyl (C=O) groups excluding carboxylic acids is 1. The SMILES string of the molecule is COc1cc(NC(=O)Nc2ccc(C)cc2)c(C(O)c2ccccc2Cl)cc1OC. The number of amides is 2. The molecule has 0 bridgehead atoms. The molecule has 3 aromatic rings. The third-order valence-electron chi connectivity index (χ3n) is 4.61. The van der Waals surface area contributed by atoms with Crippen molar-refractivity contribution in [3.05, 3.63) is 82.4 Å². The van der Waals surface area contributed by atoms with Crippen LogP contribution >= 0.6 is 11.6 Å². The molecule has 0 aliphatic carbocycles. The van der Waals surface area contributed by atoms with Crippen molar-refractivity contribution in [3.63, 3.8) is 0 Å². The van der Waals surface area contributed by atoms with Crippen molar-refractivity contribution in [2.24, 2.45) is 0 Å². The van der Waals surface area contributed by atoms with E-state index < -0.39 is 12.1 Å². The largest absolute Gasteiger partial charge is 0.493 e. The Balaban J connectivity index is 1.96. The molecular formula is C23H23ClN2O4. The fourth-order valence-corrected chi connectivity index (χ4v) is 3.25. The smallest absolute Gasteiger partial charge is 0.323 e. The summed E-state index contributed by atoms with van der Waals surface area (Å²) in [4.78, 5) is 12.6. The molecule has 0 radical (unpaired) electrons. The van der Waals surface area contributed by atoms with Gasteiger partial charge in [0.15, 0.2) is 11.5 Å². The summed E-state index contributed by atoms with van der Waals surface area (Å²) in [5.74, 6) is 0.835. The van der Waals surface area contributed by atoms with Gasteiger partial charge in [-0.1, -0.05) is 47.5 Å². The third kappa shape index (κ3) is 4.84. The molecule has 156 valence electrons. The minimum Gasteiger partial charge on any atom is -0.493 e. The van der Waals surface area contributed by atoms with Crippen molar-refractivity contribution in [1.29, 1.82) is 0 Å². The number of rotatable bonds is 6. The van der Waals surface area contributed by atoms with E-state index in [4.69, 9.17) is 21.1 Å². The van der Waals surface area contributed by atoms with E-state index in [2.05, 4.69) is 10.6 Å². The molecule has 0 heterocycles. The van der Waals surface area contributed by atoms with Crippen molar-refractivity contribution in [2.75, 3.05) is 24.9 Å². The number of aliphatic hydroxyl groups is 1. The second kappa shape index (κ2) is 9.52. The Morgan fingerprint density at radius 1 is 0.933 bits per heavy atom. The summed E-state index contributed by atoms with van der Waals surface area (Å²) in [5.41, 5.74) is 3.02. The summed E-state index contributed by atoms with van der Waals surface area (Å²) in [6, 6.07) is 17.2. The number of hydrogen-bond acceptors (Lipinski definition) is 4. The molecule has 0 saturated carbocycles. The summed E-state index contributed by atoms with van der Waals surface area (Å²) in [6.45, 7) is 1.97. The van der Waals surface area contributed by atoms with E-state index in [0.717, 1.165) is 5.56 Å². The van der Waals surface area contributed by atoms with Crippen molar-refractivity contribution in [1.82, 2.24) is 0 Å². The predicted molar refractivity (Wildman–Crippen MR) is 119 cm³/mol. The molecule has 30 heavy (non-hydrogen) atoms. The van der Waals surface area contributed by atoms with Gasteiger partial charge in [0.2, 0.25) is 0 Å². The minimum atomic E-state index is -1.09. The van der Waals surface area contributed by atoms with Crippen molar-refractivity contribution >= 4 is 29.0 Å². The van der Waals surface area contributed by atoms with Crippen LogP contribution in [0.1, 0.15) is 22.8 Å². The van der Waals surface area contributed by atoms with Crippen molar-refractivity contribution < 1.29 is 19.4 Å². The zero-order valence-electron chi connectivity index (χ0n) is 16.9. The average Bonchev–Trinajstić information content (AvgIpc) is 2.75. The number of nitrogens with one attached hydrogen (secondary N) is 2. The first-order valence-corrected chi connectivity index (χ1v) is 9.63. The summed E-state index contributed by atoms with van der Waals surface area (Å²) in [6.07, 6.45) is -1.09. The van der Waals surface area contributed by atoms with Crippen LogP contribution in [0.25, 0.3) is 0 Å². The average molecular weight is 427 g/mol. The molecule has 0 aromatic heterocycles. The van der Waals surface area contributed by atoms with Gasteiger partial charge in [0.25, 0.3) is 0 Å². The number of aliphatic hydroxyl groups excluding tert-OH is 1. The van der Waals surface area contributed by atoms with Gasteiger partial charge in [0, 0.05) is 27.9 Å². The first-order chi connectivity index (χ1) is 14.4. The van der Waals surface area contributed by atoms with Crippen LogP contribution in [0.2, 0.25) is 5.02 Å². The monoisotopic (exact) mass is 426 g/mol. The van der Waals surface area contributed by atoms with Crippen LogP contribution in [0.15, 0.2) is 60.7 Å². The Kier molecular flexibility index (Phi) is 6.82. The quantitative estimate of drug-likeness (QED) is 0.493. The number of urea groups is 1. The van der Waals surface area contributed by atoms with Crippen LogP contribution in [0.4, 0.5) is 16.2 Å². The second-order valence-electron chi connectivity index (χ2n) is 6.66. The molecule has 1 atom stereocenters. The Hall–Kier alpha value is -3.22. The molecule has 3 rings (SSSR count). The number of aryl methyl sites for hydroxylation is 1. The van der Waals surface area contributed by atoms with Crippen LogP contribution in [0, 0.1) is 6.92 Å². The molecule has 0 fully saturated rings. The zero-order chi connectivity index (χ0) is 21.7. The molecule has 1 unspecified atom stereocenters. The van der Waals surface area contributed by atoms with Crippen LogP contribution < -0.4 is 20.1 Å². The predicted octanol–water partition coefficient (Wildman–Crippen LogP) is 5.39. The Morgan fingerprint density at radius 3 is 2.20 bits per heavy atom. The highest BCUT2D eigenvalue weighted by Gasteiger charge is 2.22. The number of hydrogen-bond donors (Lipinski definition) is 3. The van der Waals surface area contributed by atoms with Crippen LogP contribution in [-0.2, 0) is 0 Å². The molecule has 0 aliphatic heterocycles. The Morgan fingerprint density at radius 2 is 1.57 bits per heavy atom. The first kappa shape index (κ1) is 21.5. The van der Waals surface area contributed by atoms with E-state index in [-0.39, 0.29) is 0 Å². The Labute approximate surface area is 180 Å². The van der Waals surface area contributed by atoms with Gasteiger partial charge in [-0.05, 0) is 31.2 Å². The topological polar surface area (TPSA) is 79.8 Å². The fourth-order valence-electron chi connectivity index (χ4n) is 3.02. The molecule has 0 saturated heterocycles. The highest BCUT2D eigenvalue weighted by Crippen LogP contribution is 2.39. The second-order valence-corrected chi connectivity index (χ2v) is 7.07. The summed E-state index contributed by atoms with van der Waals surface area (Å²) < 4.78 is 10.7. The van der Waals surface area contributed by atoms with E-state index in [0.29, 0.717) is 39.0 Å². The highest BCUT2D eigenvalue weighted by atomic mass is 35.5. The molecule has 3 aromatic carbocycles. The van der Waals surface area contributed by atoms with Gasteiger partial charge in [-0.25, -0.2) is 4.79 Å². The van der Waals surface area contributed by atoms with Crippen LogP contribution in [-0.4, -0.2) is 25.4 Å². The van der Waals surface area contributed by atoms with Crippen molar-refractivity contribution in [2.45, 2.75) is 13.0 Å². The molecule has 3 N–H and O–H groups in total.